The van der Waals surface area contributed by atoms with Crippen LogP contribution in [-0.2, 0) is 4.79 Å². The molecule has 0 aliphatic rings. The molecule has 27 heavy (non-hydrogen) atoms. The van der Waals surface area contributed by atoms with E-state index in [1.54, 1.807) is 54.9 Å². The van der Waals surface area contributed by atoms with E-state index < -0.39 is 0 Å². The second kappa shape index (κ2) is 7.41. The van der Waals surface area contributed by atoms with E-state index in [0.29, 0.717) is 34.0 Å². The Bertz CT molecular complexity index is 992. The maximum atomic E-state index is 13.1. The van der Waals surface area contributed by atoms with Crippen LogP contribution in [0.25, 0.3) is 5.69 Å². The number of carbonyl (C=O) groups excluding carboxylic acids is 2. The lowest BCUT2D eigenvalue weighted by Crippen LogP contribution is -2.14. The molecule has 0 saturated heterocycles. The van der Waals surface area contributed by atoms with Crippen LogP contribution in [0.4, 0.5) is 15.8 Å². The monoisotopic (exact) mass is 366 g/mol. The molecule has 0 unspecified atom stereocenters. The molecule has 2 N–H and O–H groups in total. The number of hydrogen-bond donors (Lipinski definition) is 2. The minimum atomic E-state index is -0.332. The molecule has 1 heterocycles. The normalized spacial score (nSPS) is 10.5. The van der Waals surface area contributed by atoms with Crippen LogP contribution in [0.2, 0.25) is 0 Å². The van der Waals surface area contributed by atoms with Crippen molar-refractivity contribution >= 4 is 23.2 Å². The quantitative estimate of drug-likeness (QED) is 0.737. The molecule has 0 radical (unpaired) electrons. The largest absolute Gasteiger partial charge is 0.326 e. The first-order valence-corrected chi connectivity index (χ1v) is 8.36. The van der Waals surface area contributed by atoms with Gasteiger partial charge in [0.2, 0.25) is 5.91 Å². The van der Waals surface area contributed by atoms with Gasteiger partial charge in [0.05, 0.1) is 22.6 Å². The van der Waals surface area contributed by atoms with E-state index in [2.05, 4.69) is 15.7 Å². The van der Waals surface area contributed by atoms with Gasteiger partial charge in [-0.2, -0.15) is 5.10 Å². The first-order valence-electron chi connectivity index (χ1n) is 8.36. The third kappa shape index (κ3) is 4.03. The first kappa shape index (κ1) is 18.3. The molecule has 3 rings (SSSR count). The average molecular weight is 366 g/mol. The highest BCUT2D eigenvalue weighted by Crippen LogP contribution is 2.20. The number of anilines is 2. The summed E-state index contributed by atoms with van der Waals surface area (Å²) in [5, 5.41) is 9.90. The Morgan fingerprint density at radius 3 is 2.04 bits per heavy atom. The Morgan fingerprint density at radius 1 is 0.926 bits per heavy atom. The van der Waals surface area contributed by atoms with Crippen molar-refractivity contribution in [2.75, 3.05) is 10.6 Å². The average Bonchev–Trinajstić information content (AvgIpc) is 2.91. The minimum absolute atomic E-state index is 0.161. The van der Waals surface area contributed by atoms with Gasteiger partial charge >= 0.3 is 0 Å². The van der Waals surface area contributed by atoms with E-state index in [9.17, 15) is 14.0 Å². The van der Waals surface area contributed by atoms with Gasteiger partial charge in [-0.3, -0.25) is 9.59 Å². The Hall–Kier alpha value is -3.48. The van der Waals surface area contributed by atoms with Gasteiger partial charge in [0, 0.05) is 18.3 Å². The molecule has 2 amide bonds. The number of aryl methyl sites for hydroxylation is 1. The second-order valence-electron chi connectivity index (χ2n) is 6.15. The maximum absolute atomic E-state index is 13.1. The number of nitrogens with one attached hydrogen (secondary N) is 2. The van der Waals surface area contributed by atoms with Crippen LogP contribution in [0.15, 0.2) is 48.5 Å². The number of nitrogens with zero attached hydrogens (tertiary/aromatic N) is 2. The van der Waals surface area contributed by atoms with E-state index in [1.807, 2.05) is 0 Å². The first-order chi connectivity index (χ1) is 12.8. The van der Waals surface area contributed by atoms with Crippen LogP contribution < -0.4 is 10.6 Å². The number of halogens is 1. The molecule has 2 aromatic carbocycles. The number of aromatic nitrogens is 2. The summed E-state index contributed by atoms with van der Waals surface area (Å²) in [6.07, 6.45) is 0. The lowest BCUT2D eigenvalue weighted by Gasteiger charge is -2.08. The summed E-state index contributed by atoms with van der Waals surface area (Å²) in [7, 11) is 0. The Morgan fingerprint density at radius 2 is 1.48 bits per heavy atom. The van der Waals surface area contributed by atoms with Crippen LogP contribution in [0.3, 0.4) is 0 Å². The van der Waals surface area contributed by atoms with Crippen molar-refractivity contribution in [2.24, 2.45) is 0 Å². The van der Waals surface area contributed by atoms with Gasteiger partial charge in [0.25, 0.3) is 5.91 Å². The van der Waals surface area contributed by atoms with Crippen molar-refractivity contribution in [3.63, 3.8) is 0 Å². The molecule has 0 aliphatic carbocycles. The third-order valence-corrected chi connectivity index (χ3v) is 4.05. The zero-order valence-electron chi connectivity index (χ0n) is 15.2. The summed E-state index contributed by atoms with van der Waals surface area (Å²) in [4.78, 5) is 23.8. The van der Waals surface area contributed by atoms with Gasteiger partial charge in [-0.1, -0.05) is 0 Å². The van der Waals surface area contributed by atoms with Gasteiger partial charge < -0.3 is 10.6 Å². The molecule has 7 heteroatoms. The standard InChI is InChI=1S/C20H19FN4O2/c1-12-19(13(2)25(24-12)18-10-4-15(21)5-11-18)20(27)23-17-8-6-16(7-9-17)22-14(3)26/h4-11H,1-3H3,(H,22,26)(H,23,27). The van der Waals surface area contributed by atoms with Crippen LogP contribution in [0, 0.1) is 19.7 Å². The summed E-state index contributed by atoms with van der Waals surface area (Å²) in [6.45, 7) is 4.97. The minimum Gasteiger partial charge on any atom is -0.326 e. The van der Waals surface area contributed by atoms with Gasteiger partial charge in [-0.05, 0) is 62.4 Å². The summed E-state index contributed by atoms with van der Waals surface area (Å²) < 4.78 is 14.8. The Labute approximate surface area is 156 Å². The highest BCUT2D eigenvalue weighted by atomic mass is 19.1. The smallest absolute Gasteiger partial charge is 0.259 e. The zero-order valence-corrected chi connectivity index (χ0v) is 15.2. The Balaban J connectivity index is 1.83. The molecule has 138 valence electrons. The fourth-order valence-electron chi connectivity index (χ4n) is 2.84. The fraction of sp³-hybridized carbons (Fsp3) is 0.150. The second-order valence-corrected chi connectivity index (χ2v) is 6.15. The molecule has 1 aromatic heterocycles. The topological polar surface area (TPSA) is 76.0 Å². The van der Waals surface area contributed by atoms with Crippen molar-refractivity contribution < 1.29 is 14.0 Å². The van der Waals surface area contributed by atoms with Crippen molar-refractivity contribution in [3.05, 3.63) is 71.3 Å². The van der Waals surface area contributed by atoms with Crippen molar-refractivity contribution in [3.8, 4) is 5.69 Å². The molecule has 0 aliphatic heterocycles. The molecule has 0 atom stereocenters. The van der Waals surface area contributed by atoms with Crippen LogP contribution >= 0.6 is 0 Å². The highest BCUT2D eigenvalue weighted by molar-refractivity contribution is 6.06. The molecular weight excluding hydrogens is 347 g/mol. The SMILES string of the molecule is CC(=O)Nc1ccc(NC(=O)c2c(C)nn(-c3ccc(F)cc3)c2C)cc1. The number of benzene rings is 2. The maximum Gasteiger partial charge on any atom is 0.259 e. The number of hydrogen-bond acceptors (Lipinski definition) is 3. The van der Waals surface area contributed by atoms with Crippen LogP contribution in [-0.4, -0.2) is 21.6 Å². The summed E-state index contributed by atoms with van der Waals surface area (Å²) in [5.41, 5.74) is 3.62. The number of rotatable bonds is 4. The molecule has 0 saturated carbocycles. The van der Waals surface area contributed by atoms with Gasteiger partial charge in [0.1, 0.15) is 5.82 Å². The fourth-order valence-corrected chi connectivity index (χ4v) is 2.84. The Kier molecular flexibility index (Phi) is 5.03. The van der Waals surface area contributed by atoms with E-state index in [4.69, 9.17) is 0 Å². The van der Waals surface area contributed by atoms with Crippen LogP contribution in [0.5, 0.6) is 0 Å². The summed E-state index contributed by atoms with van der Waals surface area (Å²) >= 11 is 0. The predicted molar refractivity (Wildman–Crippen MR) is 102 cm³/mol. The van der Waals surface area contributed by atoms with Crippen molar-refractivity contribution in [1.82, 2.24) is 9.78 Å². The number of carbonyl (C=O) groups is 2. The predicted octanol–water partition coefficient (Wildman–Crippen LogP) is 3.84. The number of amides is 2. The van der Waals surface area contributed by atoms with Gasteiger partial charge in [-0.15, -0.1) is 0 Å². The molecule has 0 bridgehead atoms. The third-order valence-electron chi connectivity index (χ3n) is 4.05. The summed E-state index contributed by atoms with van der Waals surface area (Å²) in [6, 6.07) is 12.7. The van der Waals surface area contributed by atoms with E-state index in [-0.39, 0.29) is 17.6 Å². The lowest BCUT2D eigenvalue weighted by molar-refractivity contribution is -0.114. The zero-order chi connectivity index (χ0) is 19.6. The van der Waals surface area contributed by atoms with Crippen molar-refractivity contribution in [1.29, 1.82) is 0 Å². The van der Waals surface area contributed by atoms with E-state index in [1.165, 1.54) is 19.1 Å². The van der Waals surface area contributed by atoms with Crippen molar-refractivity contribution in [2.45, 2.75) is 20.8 Å². The van der Waals surface area contributed by atoms with Gasteiger partial charge in [-0.25, -0.2) is 9.07 Å². The van der Waals surface area contributed by atoms with E-state index >= 15 is 0 Å². The highest BCUT2D eigenvalue weighted by Gasteiger charge is 2.19. The summed E-state index contributed by atoms with van der Waals surface area (Å²) in [5.74, 6) is -0.780. The molecule has 3 aromatic rings. The molecule has 0 fully saturated rings. The van der Waals surface area contributed by atoms with Gasteiger partial charge in [0.15, 0.2) is 0 Å². The molecular formula is C20H19FN4O2. The van der Waals surface area contributed by atoms with E-state index in [0.717, 1.165) is 0 Å². The molecule has 6 nitrogen and oxygen atoms in total. The lowest BCUT2D eigenvalue weighted by atomic mass is 10.1. The molecule has 0 spiro atoms. The van der Waals surface area contributed by atoms with Crippen LogP contribution in [0.1, 0.15) is 28.7 Å².